The third-order valence-corrected chi connectivity index (χ3v) is 4.22. The van der Waals surface area contributed by atoms with Crippen LogP contribution in [-0.4, -0.2) is 38.6 Å². The van der Waals surface area contributed by atoms with Crippen molar-refractivity contribution in [3.63, 3.8) is 0 Å². The van der Waals surface area contributed by atoms with Crippen molar-refractivity contribution in [2.24, 2.45) is 0 Å². The molecule has 0 aromatic heterocycles. The summed E-state index contributed by atoms with van der Waals surface area (Å²) >= 11 is 0. The molecule has 1 unspecified atom stereocenters. The fourth-order valence-electron chi connectivity index (χ4n) is 2.83. The van der Waals surface area contributed by atoms with Crippen molar-refractivity contribution in [2.75, 3.05) is 37.4 Å². The van der Waals surface area contributed by atoms with E-state index in [9.17, 15) is 9.59 Å². The van der Waals surface area contributed by atoms with Gasteiger partial charge in [0.25, 0.3) is 11.8 Å². The van der Waals surface area contributed by atoms with Crippen LogP contribution in [-0.2, 0) is 9.59 Å². The fraction of sp³-hybridized carbons (Fsp3) is 0.333. The molecule has 0 fully saturated rings. The van der Waals surface area contributed by atoms with E-state index < -0.39 is 0 Å². The minimum atomic E-state index is -0.118. The molecular formula is C21H28N3O3+. The van der Waals surface area contributed by atoms with E-state index in [-0.39, 0.29) is 24.9 Å². The van der Waals surface area contributed by atoms with Gasteiger partial charge >= 0.3 is 0 Å². The third-order valence-electron chi connectivity index (χ3n) is 4.22. The summed E-state index contributed by atoms with van der Waals surface area (Å²) in [4.78, 5) is 25.7. The second-order valence-electron chi connectivity index (χ2n) is 6.49. The summed E-state index contributed by atoms with van der Waals surface area (Å²) in [5, 5.41) is 5.80. The van der Waals surface area contributed by atoms with Gasteiger partial charge in [-0.3, -0.25) is 9.59 Å². The number of ether oxygens (including phenoxy) is 1. The predicted octanol–water partition coefficient (Wildman–Crippen LogP) is 1.88. The maximum atomic E-state index is 12.4. The van der Waals surface area contributed by atoms with Crippen LogP contribution in [0.1, 0.15) is 18.9 Å². The molecule has 0 aliphatic heterocycles. The molecule has 0 bridgehead atoms. The van der Waals surface area contributed by atoms with Crippen molar-refractivity contribution in [1.29, 1.82) is 0 Å². The number of quaternary nitrogens is 1. The Kier molecular flexibility index (Phi) is 7.82. The molecule has 1 atom stereocenters. The highest BCUT2D eigenvalue weighted by atomic mass is 16.5. The van der Waals surface area contributed by atoms with E-state index >= 15 is 0 Å². The zero-order valence-electron chi connectivity index (χ0n) is 16.2. The first-order chi connectivity index (χ1) is 13.0. The van der Waals surface area contributed by atoms with Gasteiger partial charge in [0.05, 0.1) is 13.7 Å². The second-order valence-corrected chi connectivity index (χ2v) is 6.49. The third kappa shape index (κ3) is 6.75. The molecule has 0 spiro atoms. The average Bonchev–Trinajstić information content (AvgIpc) is 2.64. The molecule has 144 valence electrons. The molecule has 0 saturated carbocycles. The number of nitrogens with one attached hydrogen (secondary N) is 3. The van der Waals surface area contributed by atoms with E-state index in [1.54, 1.807) is 31.4 Å². The number of amides is 2. The fourth-order valence-corrected chi connectivity index (χ4v) is 2.83. The van der Waals surface area contributed by atoms with Gasteiger partial charge in [-0.2, -0.15) is 0 Å². The largest absolute Gasteiger partial charge is 0.497 e. The van der Waals surface area contributed by atoms with Crippen molar-refractivity contribution >= 4 is 23.2 Å². The van der Waals surface area contributed by atoms with Crippen molar-refractivity contribution < 1.29 is 19.2 Å². The van der Waals surface area contributed by atoms with Gasteiger partial charge in [-0.15, -0.1) is 0 Å². The maximum Gasteiger partial charge on any atom is 0.279 e. The monoisotopic (exact) mass is 370 g/mol. The number of carbonyl (C=O) groups excluding carboxylic acids is 2. The van der Waals surface area contributed by atoms with Crippen LogP contribution in [0.5, 0.6) is 5.75 Å². The Balaban J connectivity index is 1.90. The minimum absolute atomic E-state index is 0.0926. The van der Waals surface area contributed by atoms with E-state index in [4.69, 9.17) is 4.74 Å². The SMILES string of the molecule is CCC[NH+](CC(=O)Nc1ccc(OC)cc1)CC(=O)Nc1ccccc1C. The second kappa shape index (κ2) is 10.3. The van der Waals surface area contributed by atoms with Gasteiger partial charge in [-0.1, -0.05) is 25.1 Å². The Morgan fingerprint density at radius 2 is 1.59 bits per heavy atom. The topological polar surface area (TPSA) is 71.9 Å². The van der Waals surface area contributed by atoms with Crippen molar-refractivity contribution in [3.8, 4) is 5.75 Å². The number of aryl methyl sites for hydroxylation is 1. The van der Waals surface area contributed by atoms with Crippen LogP contribution in [0.2, 0.25) is 0 Å². The first kappa shape index (κ1) is 20.5. The number of hydrogen-bond acceptors (Lipinski definition) is 3. The summed E-state index contributed by atoms with van der Waals surface area (Å²) in [5.74, 6) is 0.524. The summed E-state index contributed by atoms with van der Waals surface area (Å²) < 4.78 is 5.11. The average molecular weight is 370 g/mol. The number of anilines is 2. The lowest BCUT2D eigenvalue weighted by molar-refractivity contribution is -0.883. The lowest BCUT2D eigenvalue weighted by Crippen LogP contribution is -3.14. The lowest BCUT2D eigenvalue weighted by atomic mass is 10.2. The number of methoxy groups -OCH3 is 1. The summed E-state index contributed by atoms with van der Waals surface area (Å²) in [6, 6.07) is 14.8. The molecule has 0 saturated heterocycles. The Hall–Kier alpha value is -2.86. The zero-order chi connectivity index (χ0) is 19.6. The van der Waals surface area contributed by atoms with Crippen LogP contribution in [0.15, 0.2) is 48.5 Å². The van der Waals surface area contributed by atoms with E-state index in [1.807, 2.05) is 38.1 Å². The summed E-state index contributed by atoms with van der Waals surface area (Å²) in [6.45, 7) is 5.23. The highest BCUT2D eigenvalue weighted by molar-refractivity contribution is 5.93. The number of benzene rings is 2. The first-order valence-electron chi connectivity index (χ1n) is 9.14. The van der Waals surface area contributed by atoms with Crippen molar-refractivity contribution in [1.82, 2.24) is 0 Å². The van der Waals surface area contributed by atoms with Gasteiger partial charge in [-0.05, 0) is 49.2 Å². The van der Waals surface area contributed by atoms with Crippen LogP contribution < -0.4 is 20.3 Å². The van der Waals surface area contributed by atoms with Crippen LogP contribution in [0, 0.1) is 6.92 Å². The van der Waals surface area contributed by atoms with Gasteiger partial charge < -0.3 is 20.3 Å². The molecule has 6 nitrogen and oxygen atoms in total. The minimum Gasteiger partial charge on any atom is -0.497 e. The normalized spacial score (nSPS) is 11.5. The quantitative estimate of drug-likeness (QED) is 0.631. The standard InChI is InChI=1S/C21H27N3O3/c1-4-13-24(15-21(26)23-19-8-6-5-7-16(19)2)14-20(25)22-17-9-11-18(27-3)12-10-17/h5-12H,4,13-15H2,1-3H3,(H,22,25)(H,23,26)/p+1. The van der Waals surface area contributed by atoms with Gasteiger partial charge in [-0.25, -0.2) is 0 Å². The first-order valence-corrected chi connectivity index (χ1v) is 9.14. The molecule has 0 aliphatic rings. The van der Waals surface area contributed by atoms with Crippen LogP contribution >= 0.6 is 0 Å². The number of carbonyl (C=O) groups is 2. The molecule has 2 aromatic carbocycles. The molecule has 0 heterocycles. The van der Waals surface area contributed by atoms with Gasteiger partial charge in [0.1, 0.15) is 5.75 Å². The van der Waals surface area contributed by atoms with E-state index in [0.29, 0.717) is 5.69 Å². The van der Waals surface area contributed by atoms with Gasteiger partial charge in [0, 0.05) is 11.4 Å². The molecule has 2 aromatic rings. The molecule has 3 N–H and O–H groups in total. The van der Waals surface area contributed by atoms with Crippen molar-refractivity contribution in [3.05, 3.63) is 54.1 Å². The highest BCUT2D eigenvalue weighted by Gasteiger charge is 2.18. The lowest BCUT2D eigenvalue weighted by Gasteiger charge is -2.18. The maximum absolute atomic E-state index is 12.4. The molecular weight excluding hydrogens is 342 g/mol. The Morgan fingerprint density at radius 1 is 0.963 bits per heavy atom. The summed E-state index contributed by atoms with van der Waals surface area (Å²) in [7, 11) is 1.60. The highest BCUT2D eigenvalue weighted by Crippen LogP contribution is 2.14. The molecule has 0 aliphatic carbocycles. The predicted molar refractivity (Wildman–Crippen MR) is 107 cm³/mol. The van der Waals surface area contributed by atoms with Crippen molar-refractivity contribution in [2.45, 2.75) is 20.3 Å². The number of rotatable bonds is 9. The Morgan fingerprint density at radius 3 is 2.19 bits per heavy atom. The molecule has 2 rings (SSSR count). The molecule has 0 radical (unpaired) electrons. The van der Waals surface area contributed by atoms with E-state index in [0.717, 1.165) is 34.9 Å². The van der Waals surface area contributed by atoms with Crippen LogP contribution in [0.4, 0.5) is 11.4 Å². The smallest absolute Gasteiger partial charge is 0.279 e. The zero-order valence-corrected chi connectivity index (χ0v) is 16.2. The van der Waals surface area contributed by atoms with Crippen LogP contribution in [0.25, 0.3) is 0 Å². The summed E-state index contributed by atoms with van der Waals surface area (Å²) in [5.41, 5.74) is 2.53. The van der Waals surface area contributed by atoms with E-state index in [2.05, 4.69) is 10.6 Å². The Bertz CT molecular complexity index is 760. The molecule has 6 heteroatoms. The molecule has 27 heavy (non-hydrogen) atoms. The van der Waals surface area contributed by atoms with Gasteiger partial charge in [0.15, 0.2) is 13.1 Å². The summed E-state index contributed by atoms with van der Waals surface area (Å²) in [6.07, 6.45) is 0.892. The van der Waals surface area contributed by atoms with Crippen LogP contribution in [0.3, 0.4) is 0 Å². The van der Waals surface area contributed by atoms with E-state index in [1.165, 1.54) is 0 Å². The molecule has 2 amide bonds. The number of hydrogen-bond donors (Lipinski definition) is 3. The van der Waals surface area contributed by atoms with Gasteiger partial charge in [0.2, 0.25) is 0 Å². The number of para-hydroxylation sites is 1. The Labute approximate surface area is 160 Å².